The van der Waals surface area contributed by atoms with E-state index in [1.807, 2.05) is 17.8 Å². The quantitative estimate of drug-likeness (QED) is 0.696. The van der Waals surface area contributed by atoms with Crippen molar-refractivity contribution in [2.75, 3.05) is 18.6 Å². The van der Waals surface area contributed by atoms with Gasteiger partial charge in [-0.25, -0.2) is 0 Å². The number of nitriles is 1. The summed E-state index contributed by atoms with van der Waals surface area (Å²) in [5, 5.41) is 8.85. The average Bonchev–Trinajstić information content (AvgIpc) is 2.68. The monoisotopic (exact) mass is 212 g/mol. The van der Waals surface area contributed by atoms with Crippen LogP contribution < -0.4 is 0 Å². The van der Waals surface area contributed by atoms with Gasteiger partial charge in [-0.05, 0) is 26.0 Å². The van der Waals surface area contributed by atoms with Crippen LogP contribution in [0.5, 0.6) is 0 Å². The number of hydrogen-bond donors (Lipinski definition) is 0. The minimum Gasteiger partial charge on any atom is -0.341 e. The molecule has 1 aliphatic heterocycles. The number of nitrogens with zero attached hydrogens (tertiary/aromatic N) is 2. The molecular formula is C10H16N2OS. The highest BCUT2D eigenvalue weighted by Gasteiger charge is 2.34. The minimum atomic E-state index is -0.887. The van der Waals surface area contributed by atoms with E-state index in [-0.39, 0.29) is 5.91 Å². The summed E-state index contributed by atoms with van der Waals surface area (Å²) in [6.45, 7) is 3.35. The van der Waals surface area contributed by atoms with Crippen molar-refractivity contribution in [3.8, 4) is 6.07 Å². The van der Waals surface area contributed by atoms with Gasteiger partial charge >= 0.3 is 0 Å². The third-order valence-electron chi connectivity index (χ3n) is 2.59. The van der Waals surface area contributed by atoms with Crippen molar-refractivity contribution in [2.24, 2.45) is 5.41 Å². The molecule has 0 radical (unpaired) electrons. The Hall–Kier alpha value is -0.690. The topological polar surface area (TPSA) is 44.1 Å². The normalized spacial score (nSPS) is 21.7. The van der Waals surface area contributed by atoms with Gasteiger partial charge in [-0.15, -0.1) is 0 Å². The van der Waals surface area contributed by atoms with E-state index in [1.165, 1.54) is 0 Å². The molecule has 1 heterocycles. The van der Waals surface area contributed by atoms with Gasteiger partial charge in [0.25, 0.3) is 0 Å². The fourth-order valence-corrected chi connectivity index (χ4v) is 2.75. The Kier molecular flexibility index (Phi) is 3.43. The van der Waals surface area contributed by atoms with Crippen LogP contribution in [0.4, 0.5) is 0 Å². The summed E-state index contributed by atoms with van der Waals surface area (Å²) in [7, 11) is 1.80. The Bertz CT molecular complexity index is 264. The second-order valence-corrected chi connectivity index (χ2v) is 5.32. The summed E-state index contributed by atoms with van der Waals surface area (Å²) in [6, 6.07) is 2.37. The smallest absolute Gasteiger partial charge is 0.242 e. The fourth-order valence-electron chi connectivity index (χ4n) is 1.48. The zero-order valence-corrected chi connectivity index (χ0v) is 9.73. The second kappa shape index (κ2) is 4.22. The SMILES string of the molecule is CN(C(=O)C(C)(C)C#N)C1CCSC1. The lowest BCUT2D eigenvalue weighted by atomic mass is 9.93. The van der Waals surface area contributed by atoms with E-state index in [9.17, 15) is 4.79 Å². The maximum Gasteiger partial charge on any atom is 0.242 e. The van der Waals surface area contributed by atoms with Crippen molar-refractivity contribution in [3.05, 3.63) is 0 Å². The van der Waals surface area contributed by atoms with Crippen molar-refractivity contribution in [1.29, 1.82) is 5.26 Å². The van der Waals surface area contributed by atoms with Crippen LogP contribution in [0.25, 0.3) is 0 Å². The Morgan fingerprint density at radius 1 is 1.64 bits per heavy atom. The molecule has 1 aliphatic rings. The molecule has 1 atom stereocenters. The Labute approximate surface area is 89.5 Å². The van der Waals surface area contributed by atoms with Crippen molar-refractivity contribution in [1.82, 2.24) is 4.90 Å². The fraction of sp³-hybridized carbons (Fsp3) is 0.800. The van der Waals surface area contributed by atoms with Crippen LogP contribution in [0.15, 0.2) is 0 Å². The molecule has 3 nitrogen and oxygen atoms in total. The molecule has 14 heavy (non-hydrogen) atoms. The van der Waals surface area contributed by atoms with E-state index < -0.39 is 5.41 Å². The van der Waals surface area contributed by atoms with Crippen LogP contribution >= 0.6 is 11.8 Å². The summed E-state index contributed by atoms with van der Waals surface area (Å²) in [6.07, 6.45) is 1.05. The molecule has 1 rings (SSSR count). The highest BCUT2D eigenvalue weighted by Crippen LogP contribution is 2.25. The third-order valence-corrected chi connectivity index (χ3v) is 3.73. The maximum absolute atomic E-state index is 11.9. The molecule has 1 amide bonds. The third kappa shape index (κ3) is 2.21. The molecule has 0 aromatic carbocycles. The number of carbonyl (C=O) groups excluding carboxylic acids is 1. The zero-order chi connectivity index (χ0) is 10.8. The average molecular weight is 212 g/mol. The summed E-state index contributed by atoms with van der Waals surface area (Å²) < 4.78 is 0. The van der Waals surface area contributed by atoms with Crippen molar-refractivity contribution >= 4 is 17.7 Å². The van der Waals surface area contributed by atoms with Gasteiger partial charge in [0, 0.05) is 18.8 Å². The highest BCUT2D eigenvalue weighted by atomic mass is 32.2. The van der Waals surface area contributed by atoms with Gasteiger partial charge in [-0.1, -0.05) is 0 Å². The molecule has 0 aliphatic carbocycles. The maximum atomic E-state index is 11.9. The first kappa shape index (κ1) is 11.4. The first-order chi connectivity index (χ1) is 6.49. The predicted molar refractivity (Wildman–Crippen MR) is 57.9 cm³/mol. The second-order valence-electron chi connectivity index (χ2n) is 4.17. The van der Waals surface area contributed by atoms with E-state index in [0.29, 0.717) is 6.04 Å². The van der Waals surface area contributed by atoms with Crippen molar-refractivity contribution in [2.45, 2.75) is 26.3 Å². The number of amides is 1. The van der Waals surface area contributed by atoms with Crippen LogP contribution in [-0.4, -0.2) is 35.4 Å². The van der Waals surface area contributed by atoms with Gasteiger partial charge < -0.3 is 4.90 Å². The molecule has 4 heteroatoms. The van der Waals surface area contributed by atoms with E-state index in [0.717, 1.165) is 17.9 Å². The molecule has 0 saturated carbocycles. The lowest BCUT2D eigenvalue weighted by Gasteiger charge is -2.28. The molecule has 78 valence electrons. The van der Waals surface area contributed by atoms with Gasteiger partial charge in [-0.3, -0.25) is 4.79 Å². The first-order valence-corrected chi connectivity index (χ1v) is 5.91. The molecule has 0 aromatic rings. The van der Waals surface area contributed by atoms with Gasteiger partial charge in [0.15, 0.2) is 0 Å². The zero-order valence-electron chi connectivity index (χ0n) is 8.91. The number of rotatable bonds is 2. The van der Waals surface area contributed by atoms with Crippen molar-refractivity contribution < 1.29 is 4.79 Å². The summed E-state index contributed by atoms with van der Waals surface area (Å²) in [5.74, 6) is 2.06. The molecule has 0 aromatic heterocycles. The molecule has 1 fully saturated rings. The van der Waals surface area contributed by atoms with E-state index in [1.54, 1.807) is 25.8 Å². The molecule has 1 saturated heterocycles. The van der Waals surface area contributed by atoms with Crippen LogP contribution in [0.3, 0.4) is 0 Å². The van der Waals surface area contributed by atoms with E-state index in [2.05, 4.69) is 0 Å². The lowest BCUT2D eigenvalue weighted by Crippen LogP contribution is -2.43. The molecular weight excluding hydrogens is 196 g/mol. The molecule has 0 spiro atoms. The van der Waals surface area contributed by atoms with Gasteiger partial charge in [0.1, 0.15) is 5.41 Å². The Morgan fingerprint density at radius 2 is 2.29 bits per heavy atom. The lowest BCUT2D eigenvalue weighted by molar-refractivity contribution is -0.137. The van der Waals surface area contributed by atoms with Crippen LogP contribution in [0, 0.1) is 16.7 Å². The first-order valence-electron chi connectivity index (χ1n) is 4.75. The standard InChI is InChI=1S/C10H16N2OS/c1-10(2,7-11)9(13)12(3)8-4-5-14-6-8/h8H,4-6H2,1-3H3. The van der Waals surface area contributed by atoms with E-state index >= 15 is 0 Å². The molecule has 1 unspecified atom stereocenters. The number of carbonyl (C=O) groups is 1. The summed E-state index contributed by atoms with van der Waals surface area (Å²) in [4.78, 5) is 13.6. The Balaban J connectivity index is 2.65. The van der Waals surface area contributed by atoms with Crippen LogP contribution in [-0.2, 0) is 4.79 Å². The largest absolute Gasteiger partial charge is 0.341 e. The minimum absolute atomic E-state index is 0.0625. The summed E-state index contributed by atoms with van der Waals surface area (Å²) in [5.41, 5.74) is -0.887. The van der Waals surface area contributed by atoms with Gasteiger partial charge in [0.05, 0.1) is 6.07 Å². The number of hydrogen-bond acceptors (Lipinski definition) is 3. The highest BCUT2D eigenvalue weighted by molar-refractivity contribution is 7.99. The van der Waals surface area contributed by atoms with Gasteiger partial charge in [0.2, 0.25) is 5.91 Å². The van der Waals surface area contributed by atoms with Gasteiger partial charge in [-0.2, -0.15) is 17.0 Å². The van der Waals surface area contributed by atoms with Crippen LogP contribution in [0.1, 0.15) is 20.3 Å². The van der Waals surface area contributed by atoms with Crippen LogP contribution in [0.2, 0.25) is 0 Å². The predicted octanol–water partition coefficient (Wildman–Crippen LogP) is 1.50. The van der Waals surface area contributed by atoms with Crippen molar-refractivity contribution in [3.63, 3.8) is 0 Å². The molecule has 0 bridgehead atoms. The Morgan fingerprint density at radius 3 is 2.71 bits per heavy atom. The summed E-state index contributed by atoms with van der Waals surface area (Å²) >= 11 is 1.87. The van der Waals surface area contributed by atoms with E-state index in [4.69, 9.17) is 5.26 Å². The molecule has 0 N–H and O–H groups in total. The number of thioether (sulfide) groups is 1.